The fraction of sp³-hybridized carbons (Fsp3) is 0.900. The second kappa shape index (κ2) is 5.32. The van der Waals surface area contributed by atoms with Crippen LogP contribution in [0, 0.1) is 0 Å². The number of likely N-dealkylation sites (N-methyl/N-ethyl adjacent to an activating group) is 1. The third kappa shape index (κ3) is 3.07. The molecule has 0 amide bonds. The summed E-state index contributed by atoms with van der Waals surface area (Å²) in [5.74, 6) is 1.06. The van der Waals surface area contributed by atoms with Crippen LogP contribution in [-0.4, -0.2) is 75.2 Å². The van der Waals surface area contributed by atoms with Crippen LogP contribution in [0.5, 0.6) is 0 Å². The number of piperazine rings is 1. The van der Waals surface area contributed by atoms with Gasteiger partial charge in [-0.05, 0) is 0 Å². The average molecular weight is 211 g/mol. The lowest BCUT2D eigenvalue weighted by atomic mass is 10.3. The van der Waals surface area contributed by atoms with Crippen molar-refractivity contribution >= 4 is 5.96 Å². The standard InChI is InChI=1S/C10H21N5/c1-14(10-12-2-3-13-10)8-9-15-6-4-11-5-7-15/h11H,2-9H2,1H3,(H,12,13). The molecule has 0 unspecified atom stereocenters. The Kier molecular flexibility index (Phi) is 3.80. The number of aliphatic imine (C=N–C) groups is 1. The summed E-state index contributed by atoms with van der Waals surface area (Å²) >= 11 is 0. The summed E-state index contributed by atoms with van der Waals surface area (Å²) in [7, 11) is 2.11. The Morgan fingerprint density at radius 3 is 2.80 bits per heavy atom. The molecule has 2 aliphatic rings. The Labute approximate surface area is 91.5 Å². The van der Waals surface area contributed by atoms with Crippen LogP contribution in [-0.2, 0) is 0 Å². The van der Waals surface area contributed by atoms with Crippen LogP contribution in [0.4, 0.5) is 0 Å². The first-order chi connectivity index (χ1) is 7.36. The van der Waals surface area contributed by atoms with Gasteiger partial charge in [0.2, 0.25) is 0 Å². The van der Waals surface area contributed by atoms with Gasteiger partial charge < -0.3 is 15.5 Å². The van der Waals surface area contributed by atoms with Gasteiger partial charge in [0.1, 0.15) is 0 Å². The minimum atomic E-state index is 0.924. The van der Waals surface area contributed by atoms with E-state index >= 15 is 0 Å². The van der Waals surface area contributed by atoms with Gasteiger partial charge in [0.25, 0.3) is 0 Å². The minimum Gasteiger partial charge on any atom is -0.354 e. The summed E-state index contributed by atoms with van der Waals surface area (Å²) < 4.78 is 0. The van der Waals surface area contributed by atoms with Crippen LogP contribution in [0.3, 0.4) is 0 Å². The minimum absolute atomic E-state index is 0.924. The van der Waals surface area contributed by atoms with Crippen LogP contribution in [0.1, 0.15) is 0 Å². The molecule has 2 N–H and O–H groups in total. The molecule has 0 bridgehead atoms. The van der Waals surface area contributed by atoms with Gasteiger partial charge >= 0.3 is 0 Å². The molecule has 15 heavy (non-hydrogen) atoms. The monoisotopic (exact) mass is 211 g/mol. The first kappa shape index (κ1) is 10.7. The van der Waals surface area contributed by atoms with Crippen molar-refractivity contribution in [2.24, 2.45) is 4.99 Å². The van der Waals surface area contributed by atoms with Crippen molar-refractivity contribution in [1.82, 2.24) is 20.4 Å². The zero-order valence-electron chi connectivity index (χ0n) is 9.50. The van der Waals surface area contributed by atoms with Gasteiger partial charge in [-0.2, -0.15) is 0 Å². The van der Waals surface area contributed by atoms with E-state index in [1.807, 2.05) is 0 Å². The molecule has 5 nitrogen and oxygen atoms in total. The van der Waals surface area contributed by atoms with Gasteiger partial charge in [-0.3, -0.25) is 9.89 Å². The first-order valence-corrected chi connectivity index (χ1v) is 5.79. The molecule has 1 fully saturated rings. The van der Waals surface area contributed by atoms with E-state index in [2.05, 4.69) is 32.5 Å². The molecule has 0 saturated carbocycles. The summed E-state index contributed by atoms with van der Waals surface area (Å²) in [6.07, 6.45) is 0. The maximum Gasteiger partial charge on any atom is 0.193 e. The van der Waals surface area contributed by atoms with Crippen molar-refractivity contribution in [2.45, 2.75) is 0 Å². The van der Waals surface area contributed by atoms with Gasteiger partial charge in [0, 0.05) is 52.9 Å². The van der Waals surface area contributed by atoms with Crippen molar-refractivity contribution in [2.75, 3.05) is 59.4 Å². The van der Waals surface area contributed by atoms with E-state index in [1.54, 1.807) is 0 Å². The van der Waals surface area contributed by atoms with E-state index in [0.717, 1.165) is 45.2 Å². The van der Waals surface area contributed by atoms with Crippen molar-refractivity contribution in [3.63, 3.8) is 0 Å². The second-order valence-corrected chi connectivity index (χ2v) is 4.15. The van der Waals surface area contributed by atoms with E-state index in [4.69, 9.17) is 0 Å². The molecule has 86 valence electrons. The highest BCUT2D eigenvalue weighted by atomic mass is 15.3. The Hall–Kier alpha value is -0.810. The fourth-order valence-corrected chi connectivity index (χ4v) is 1.97. The third-order valence-electron chi connectivity index (χ3n) is 2.98. The van der Waals surface area contributed by atoms with Crippen molar-refractivity contribution < 1.29 is 0 Å². The molecule has 2 aliphatic heterocycles. The van der Waals surface area contributed by atoms with Gasteiger partial charge in [0.05, 0.1) is 6.54 Å². The Balaban J connectivity index is 1.67. The molecule has 1 saturated heterocycles. The molecule has 0 aromatic rings. The van der Waals surface area contributed by atoms with Crippen LogP contribution in [0.25, 0.3) is 0 Å². The SMILES string of the molecule is CN(CCN1CCNCC1)C1=NCCN1. The van der Waals surface area contributed by atoms with Crippen LogP contribution < -0.4 is 10.6 Å². The lowest BCUT2D eigenvalue weighted by molar-refractivity contribution is 0.227. The molecule has 0 aliphatic carbocycles. The zero-order valence-corrected chi connectivity index (χ0v) is 9.50. The fourth-order valence-electron chi connectivity index (χ4n) is 1.97. The lowest BCUT2D eigenvalue weighted by Crippen LogP contribution is -2.47. The van der Waals surface area contributed by atoms with E-state index in [0.29, 0.717) is 0 Å². The largest absolute Gasteiger partial charge is 0.354 e. The van der Waals surface area contributed by atoms with Crippen molar-refractivity contribution in [1.29, 1.82) is 0 Å². The number of hydrogen-bond acceptors (Lipinski definition) is 5. The number of nitrogens with one attached hydrogen (secondary N) is 2. The summed E-state index contributed by atoms with van der Waals surface area (Å²) in [5.41, 5.74) is 0. The second-order valence-electron chi connectivity index (χ2n) is 4.15. The Morgan fingerprint density at radius 2 is 2.13 bits per heavy atom. The molecule has 0 atom stereocenters. The average Bonchev–Trinajstić information content (AvgIpc) is 2.81. The van der Waals surface area contributed by atoms with Crippen molar-refractivity contribution in [3.8, 4) is 0 Å². The van der Waals surface area contributed by atoms with E-state index in [9.17, 15) is 0 Å². The van der Waals surface area contributed by atoms with Crippen LogP contribution in [0.15, 0.2) is 4.99 Å². The summed E-state index contributed by atoms with van der Waals surface area (Å²) in [6, 6.07) is 0. The van der Waals surface area contributed by atoms with Crippen molar-refractivity contribution in [3.05, 3.63) is 0 Å². The molecule has 5 heteroatoms. The van der Waals surface area contributed by atoms with Gasteiger partial charge in [-0.15, -0.1) is 0 Å². The molecule has 0 radical (unpaired) electrons. The topological polar surface area (TPSA) is 42.9 Å². The molecule has 0 spiro atoms. The normalized spacial score (nSPS) is 22.3. The summed E-state index contributed by atoms with van der Waals surface area (Å²) in [5, 5.41) is 6.66. The maximum absolute atomic E-state index is 4.40. The molecule has 2 heterocycles. The quantitative estimate of drug-likeness (QED) is 0.614. The zero-order chi connectivity index (χ0) is 10.5. The first-order valence-electron chi connectivity index (χ1n) is 5.79. The number of guanidine groups is 1. The third-order valence-corrected chi connectivity index (χ3v) is 2.98. The van der Waals surface area contributed by atoms with Crippen LogP contribution in [0.2, 0.25) is 0 Å². The molecule has 0 aromatic carbocycles. The van der Waals surface area contributed by atoms with E-state index in [-0.39, 0.29) is 0 Å². The molecular formula is C10H21N5. The highest BCUT2D eigenvalue weighted by Gasteiger charge is 2.13. The Bertz CT molecular complexity index is 222. The predicted octanol–water partition coefficient (Wildman–Crippen LogP) is -1.22. The number of rotatable bonds is 3. The predicted molar refractivity (Wildman–Crippen MR) is 62.2 cm³/mol. The smallest absolute Gasteiger partial charge is 0.193 e. The van der Waals surface area contributed by atoms with E-state index < -0.39 is 0 Å². The highest BCUT2D eigenvalue weighted by molar-refractivity contribution is 5.81. The van der Waals surface area contributed by atoms with Gasteiger partial charge in [-0.1, -0.05) is 0 Å². The van der Waals surface area contributed by atoms with E-state index in [1.165, 1.54) is 13.1 Å². The Morgan fingerprint density at radius 1 is 1.33 bits per heavy atom. The molecular weight excluding hydrogens is 190 g/mol. The molecule has 0 aromatic heterocycles. The van der Waals surface area contributed by atoms with Gasteiger partial charge in [-0.25, -0.2) is 0 Å². The summed E-state index contributed by atoms with van der Waals surface area (Å²) in [6.45, 7) is 8.72. The maximum atomic E-state index is 4.40. The number of hydrogen-bond donors (Lipinski definition) is 2. The summed E-state index contributed by atoms with van der Waals surface area (Å²) in [4.78, 5) is 9.12. The van der Waals surface area contributed by atoms with Gasteiger partial charge in [0.15, 0.2) is 5.96 Å². The lowest BCUT2D eigenvalue weighted by Gasteiger charge is -2.29. The highest BCUT2D eigenvalue weighted by Crippen LogP contribution is 1.95. The number of nitrogens with zero attached hydrogens (tertiary/aromatic N) is 3. The van der Waals surface area contributed by atoms with Crippen LogP contribution >= 0.6 is 0 Å². The molecule has 2 rings (SSSR count).